The molecule has 1 heterocycles. The highest BCUT2D eigenvalue weighted by atomic mass is 19.4. The van der Waals surface area contributed by atoms with Gasteiger partial charge in [0.1, 0.15) is 5.82 Å². The third-order valence-corrected chi connectivity index (χ3v) is 2.71. The summed E-state index contributed by atoms with van der Waals surface area (Å²) in [5.74, 6) is -2.53. The number of alkyl halides is 3. The lowest BCUT2D eigenvalue weighted by molar-refractivity contribution is -0.141. The Kier molecular flexibility index (Phi) is 3.98. The van der Waals surface area contributed by atoms with Crippen LogP contribution in [0.25, 0.3) is 0 Å². The Labute approximate surface area is 121 Å². The standard InChI is InChI=1S/C13H9F4N3O2/c1-6-4-7(14)2-3-8(6)19-11-10(12(21)22)20-9(5-18-11)13(15,16)17/h2-5H,1H3,(H,18,19)(H,21,22). The fourth-order valence-electron chi connectivity index (χ4n) is 1.66. The van der Waals surface area contributed by atoms with Crippen LogP contribution in [-0.2, 0) is 6.18 Å². The van der Waals surface area contributed by atoms with Crippen LogP contribution in [0.3, 0.4) is 0 Å². The number of aromatic nitrogens is 2. The number of halogens is 4. The first-order valence-corrected chi connectivity index (χ1v) is 5.89. The molecule has 0 bridgehead atoms. The Hall–Kier alpha value is -2.71. The summed E-state index contributed by atoms with van der Waals surface area (Å²) >= 11 is 0. The van der Waals surface area contributed by atoms with Crippen molar-refractivity contribution in [2.75, 3.05) is 5.32 Å². The van der Waals surface area contributed by atoms with Crippen molar-refractivity contribution in [1.29, 1.82) is 0 Å². The van der Waals surface area contributed by atoms with E-state index in [0.29, 0.717) is 17.4 Å². The summed E-state index contributed by atoms with van der Waals surface area (Å²) in [7, 11) is 0. The van der Waals surface area contributed by atoms with Gasteiger partial charge in [0.05, 0.1) is 6.20 Å². The van der Waals surface area contributed by atoms with Crippen LogP contribution in [0.1, 0.15) is 21.7 Å². The van der Waals surface area contributed by atoms with Gasteiger partial charge in [0.15, 0.2) is 17.2 Å². The maximum absolute atomic E-state index is 13.0. The minimum atomic E-state index is -4.80. The topological polar surface area (TPSA) is 75.1 Å². The van der Waals surface area contributed by atoms with Crippen molar-refractivity contribution < 1.29 is 27.5 Å². The van der Waals surface area contributed by atoms with Crippen LogP contribution in [0.15, 0.2) is 24.4 Å². The molecule has 116 valence electrons. The van der Waals surface area contributed by atoms with Crippen molar-refractivity contribution >= 4 is 17.5 Å². The first-order chi connectivity index (χ1) is 10.2. The van der Waals surface area contributed by atoms with Gasteiger partial charge in [0, 0.05) is 5.69 Å². The molecule has 1 aromatic heterocycles. The number of benzene rings is 1. The highest BCUT2D eigenvalue weighted by Crippen LogP contribution is 2.29. The Morgan fingerprint density at radius 2 is 2.00 bits per heavy atom. The molecule has 0 spiro atoms. The maximum Gasteiger partial charge on any atom is 0.434 e. The predicted molar refractivity (Wildman–Crippen MR) is 68.4 cm³/mol. The molecule has 2 N–H and O–H groups in total. The molecular formula is C13H9F4N3O2. The smallest absolute Gasteiger partial charge is 0.434 e. The number of nitrogens with one attached hydrogen (secondary N) is 1. The summed E-state index contributed by atoms with van der Waals surface area (Å²) in [5.41, 5.74) is -1.55. The number of rotatable bonds is 3. The zero-order valence-corrected chi connectivity index (χ0v) is 11.1. The molecule has 2 aromatic rings. The van der Waals surface area contributed by atoms with E-state index >= 15 is 0 Å². The van der Waals surface area contributed by atoms with Crippen molar-refractivity contribution in [2.24, 2.45) is 0 Å². The number of carboxylic acid groups (broad SMARTS) is 1. The number of hydrogen-bond acceptors (Lipinski definition) is 4. The zero-order valence-electron chi connectivity index (χ0n) is 11.1. The van der Waals surface area contributed by atoms with E-state index < -0.39 is 29.4 Å². The number of nitrogens with zero attached hydrogens (tertiary/aromatic N) is 2. The van der Waals surface area contributed by atoms with Gasteiger partial charge in [-0.1, -0.05) is 0 Å². The highest BCUT2D eigenvalue weighted by molar-refractivity contribution is 5.91. The van der Waals surface area contributed by atoms with E-state index in [4.69, 9.17) is 5.11 Å². The molecule has 1 aromatic carbocycles. The number of carbonyl (C=O) groups is 1. The molecule has 22 heavy (non-hydrogen) atoms. The molecule has 9 heteroatoms. The summed E-state index contributed by atoms with van der Waals surface area (Å²) in [6, 6.07) is 3.61. The lowest BCUT2D eigenvalue weighted by Crippen LogP contribution is -2.15. The Balaban J connectivity index is 2.44. The predicted octanol–water partition coefficient (Wildman–Crippen LogP) is 3.38. The molecule has 0 saturated carbocycles. The van der Waals surface area contributed by atoms with Crippen LogP contribution in [0.4, 0.5) is 29.1 Å². The minimum absolute atomic E-state index is 0.304. The number of aromatic carboxylic acids is 1. The van der Waals surface area contributed by atoms with Gasteiger partial charge in [0.2, 0.25) is 0 Å². The maximum atomic E-state index is 13.0. The van der Waals surface area contributed by atoms with Crippen LogP contribution in [0, 0.1) is 12.7 Å². The van der Waals surface area contributed by atoms with Gasteiger partial charge < -0.3 is 10.4 Å². The van der Waals surface area contributed by atoms with Crippen LogP contribution < -0.4 is 5.32 Å². The fourth-order valence-corrected chi connectivity index (χ4v) is 1.66. The quantitative estimate of drug-likeness (QED) is 0.849. The van der Waals surface area contributed by atoms with Crippen molar-refractivity contribution in [1.82, 2.24) is 9.97 Å². The van der Waals surface area contributed by atoms with Gasteiger partial charge in [-0.3, -0.25) is 0 Å². The summed E-state index contributed by atoms with van der Waals surface area (Å²) in [6.45, 7) is 1.55. The molecular weight excluding hydrogens is 306 g/mol. The second kappa shape index (κ2) is 5.58. The molecule has 0 aliphatic heterocycles. The highest BCUT2D eigenvalue weighted by Gasteiger charge is 2.34. The van der Waals surface area contributed by atoms with Crippen LogP contribution >= 0.6 is 0 Å². The molecule has 2 rings (SSSR count). The molecule has 0 unspecified atom stereocenters. The third kappa shape index (κ3) is 3.30. The van der Waals surface area contributed by atoms with E-state index in [2.05, 4.69) is 15.3 Å². The summed E-state index contributed by atoms with van der Waals surface area (Å²) < 4.78 is 50.6. The third-order valence-electron chi connectivity index (χ3n) is 2.71. The molecule has 5 nitrogen and oxygen atoms in total. The van der Waals surface area contributed by atoms with Crippen LogP contribution in [-0.4, -0.2) is 21.0 Å². The zero-order chi connectivity index (χ0) is 16.5. The Morgan fingerprint density at radius 3 is 2.55 bits per heavy atom. The monoisotopic (exact) mass is 315 g/mol. The van der Waals surface area contributed by atoms with Gasteiger partial charge in [-0.15, -0.1) is 0 Å². The van der Waals surface area contributed by atoms with Crippen molar-refractivity contribution in [3.05, 3.63) is 47.2 Å². The van der Waals surface area contributed by atoms with E-state index in [1.165, 1.54) is 12.1 Å². The lowest BCUT2D eigenvalue weighted by atomic mass is 10.2. The molecule has 0 amide bonds. The van der Waals surface area contributed by atoms with Gasteiger partial charge in [0.25, 0.3) is 0 Å². The van der Waals surface area contributed by atoms with Crippen LogP contribution in [0.5, 0.6) is 0 Å². The molecule has 0 atom stereocenters. The second-order valence-corrected chi connectivity index (χ2v) is 4.34. The van der Waals surface area contributed by atoms with Gasteiger partial charge in [-0.25, -0.2) is 19.2 Å². The number of carboxylic acids is 1. The number of hydrogen-bond donors (Lipinski definition) is 2. The molecule has 0 saturated heterocycles. The lowest BCUT2D eigenvalue weighted by Gasteiger charge is -2.12. The SMILES string of the molecule is Cc1cc(F)ccc1Nc1ncc(C(F)(F)F)nc1C(=O)O. The van der Waals surface area contributed by atoms with Crippen molar-refractivity contribution in [2.45, 2.75) is 13.1 Å². The average molecular weight is 315 g/mol. The Bertz CT molecular complexity index is 732. The first-order valence-electron chi connectivity index (χ1n) is 5.89. The largest absolute Gasteiger partial charge is 0.476 e. The number of aryl methyl sites for hydroxylation is 1. The summed E-state index contributed by atoms with van der Waals surface area (Å²) in [6.07, 6.45) is -4.38. The molecule has 0 aliphatic carbocycles. The molecule has 0 radical (unpaired) electrons. The minimum Gasteiger partial charge on any atom is -0.476 e. The van der Waals surface area contributed by atoms with E-state index in [-0.39, 0.29) is 5.82 Å². The summed E-state index contributed by atoms with van der Waals surface area (Å²) in [4.78, 5) is 17.6. The number of anilines is 2. The van der Waals surface area contributed by atoms with E-state index in [9.17, 15) is 22.4 Å². The molecule has 0 aliphatic rings. The van der Waals surface area contributed by atoms with E-state index in [0.717, 1.165) is 6.07 Å². The average Bonchev–Trinajstić information content (AvgIpc) is 2.40. The molecule has 0 fully saturated rings. The van der Waals surface area contributed by atoms with Gasteiger partial charge in [-0.05, 0) is 30.7 Å². The second-order valence-electron chi connectivity index (χ2n) is 4.34. The normalized spacial score (nSPS) is 11.3. The van der Waals surface area contributed by atoms with Gasteiger partial charge >= 0.3 is 12.1 Å². The Morgan fingerprint density at radius 1 is 1.32 bits per heavy atom. The van der Waals surface area contributed by atoms with Crippen molar-refractivity contribution in [3.63, 3.8) is 0 Å². The van der Waals surface area contributed by atoms with Gasteiger partial charge in [-0.2, -0.15) is 13.2 Å². The van der Waals surface area contributed by atoms with E-state index in [1.807, 2.05) is 0 Å². The van der Waals surface area contributed by atoms with Crippen LogP contribution in [0.2, 0.25) is 0 Å². The van der Waals surface area contributed by atoms with E-state index in [1.54, 1.807) is 6.92 Å². The summed E-state index contributed by atoms with van der Waals surface area (Å²) in [5, 5.41) is 11.5. The van der Waals surface area contributed by atoms with Crippen molar-refractivity contribution in [3.8, 4) is 0 Å². The first kappa shape index (κ1) is 15.7. The fraction of sp³-hybridized carbons (Fsp3) is 0.154.